The summed E-state index contributed by atoms with van der Waals surface area (Å²) in [5.41, 5.74) is 1.95. The van der Waals surface area contributed by atoms with Crippen molar-refractivity contribution >= 4 is 34.8 Å². The molecule has 3 rings (SSSR count). The molecule has 2 heterocycles. The molecule has 1 unspecified atom stereocenters. The van der Waals surface area contributed by atoms with E-state index in [0.29, 0.717) is 24.5 Å². The van der Waals surface area contributed by atoms with Crippen molar-refractivity contribution < 1.29 is 9.59 Å². The summed E-state index contributed by atoms with van der Waals surface area (Å²) in [4.78, 5) is 32.0. The quantitative estimate of drug-likeness (QED) is 0.816. The highest BCUT2D eigenvalue weighted by molar-refractivity contribution is 7.12. The molecule has 27 heavy (non-hydrogen) atoms. The Hall–Kier alpha value is -1.92. The number of nitrogens with zero attached hydrogens (tertiary/aromatic N) is 2. The Kier molecular flexibility index (Phi) is 6.50. The van der Waals surface area contributed by atoms with Crippen LogP contribution in [0.3, 0.4) is 0 Å². The van der Waals surface area contributed by atoms with E-state index < -0.39 is 0 Å². The highest BCUT2D eigenvalue weighted by atomic mass is 35.5. The second-order valence-electron chi connectivity index (χ2n) is 6.77. The second-order valence-corrected chi connectivity index (χ2v) is 8.49. The predicted octanol–water partition coefficient (Wildman–Crippen LogP) is 4.04. The van der Waals surface area contributed by atoms with Crippen molar-refractivity contribution in [3.05, 3.63) is 39.2 Å². The number of halogens is 1. The van der Waals surface area contributed by atoms with Crippen LogP contribution in [-0.4, -0.2) is 34.8 Å². The largest absolute Gasteiger partial charge is 0.349 e. The topological polar surface area (TPSA) is 62.3 Å². The highest BCUT2D eigenvalue weighted by Gasteiger charge is 2.27. The fourth-order valence-corrected chi connectivity index (χ4v) is 4.37. The van der Waals surface area contributed by atoms with Crippen molar-refractivity contribution in [2.75, 3.05) is 13.1 Å². The van der Waals surface area contributed by atoms with Gasteiger partial charge in [0.1, 0.15) is 5.01 Å². The molecule has 144 valence electrons. The summed E-state index contributed by atoms with van der Waals surface area (Å²) in [6, 6.07) is 7.61. The molecule has 0 aliphatic carbocycles. The zero-order valence-electron chi connectivity index (χ0n) is 15.6. The van der Waals surface area contributed by atoms with Crippen LogP contribution in [0.5, 0.6) is 0 Å². The first-order valence-corrected chi connectivity index (χ1v) is 10.4. The molecule has 2 amide bonds. The molecule has 1 N–H and O–H groups in total. The molecule has 1 saturated heterocycles. The van der Waals surface area contributed by atoms with Gasteiger partial charge in [0.2, 0.25) is 11.8 Å². The number of amides is 2. The Morgan fingerprint density at radius 1 is 1.33 bits per heavy atom. The van der Waals surface area contributed by atoms with Crippen molar-refractivity contribution in [1.82, 2.24) is 15.2 Å². The van der Waals surface area contributed by atoms with Crippen LogP contribution < -0.4 is 5.32 Å². The first kappa shape index (κ1) is 19.8. The molecule has 1 aliphatic heterocycles. The smallest absolute Gasteiger partial charge is 0.225 e. The third-order valence-corrected chi connectivity index (χ3v) is 6.04. The maximum Gasteiger partial charge on any atom is 0.225 e. The van der Waals surface area contributed by atoms with Crippen LogP contribution in [0.1, 0.15) is 36.1 Å². The van der Waals surface area contributed by atoms with E-state index >= 15 is 0 Å². The Labute approximate surface area is 168 Å². The van der Waals surface area contributed by atoms with Gasteiger partial charge in [-0.3, -0.25) is 9.59 Å². The summed E-state index contributed by atoms with van der Waals surface area (Å²) in [5.74, 6) is -0.00815. The SMILES string of the molecule is CCC(=O)N1CCCC(C(=O)NCc2nc(-c3ccc(Cl)cc3)c(C)s2)C1. The van der Waals surface area contributed by atoms with Gasteiger partial charge in [0.25, 0.3) is 0 Å². The van der Waals surface area contributed by atoms with Crippen LogP contribution in [-0.2, 0) is 16.1 Å². The standard InChI is InChI=1S/C20H24ClN3O2S/c1-3-18(25)24-10-4-5-15(12-24)20(26)22-11-17-23-19(13(2)27-17)14-6-8-16(21)9-7-14/h6-9,15H,3-5,10-12H2,1-2H3,(H,22,26). The highest BCUT2D eigenvalue weighted by Crippen LogP contribution is 2.28. The summed E-state index contributed by atoms with van der Waals surface area (Å²) >= 11 is 7.54. The van der Waals surface area contributed by atoms with Crippen molar-refractivity contribution in [1.29, 1.82) is 0 Å². The number of hydrogen-bond donors (Lipinski definition) is 1. The van der Waals surface area contributed by atoms with E-state index in [0.717, 1.165) is 40.5 Å². The number of carbonyl (C=O) groups is 2. The molecule has 0 spiro atoms. The average molecular weight is 406 g/mol. The minimum absolute atomic E-state index is 0.00417. The molecule has 5 nitrogen and oxygen atoms in total. The lowest BCUT2D eigenvalue weighted by Gasteiger charge is -2.31. The molecule has 1 aromatic carbocycles. The molecule has 1 aliphatic rings. The van der Waals surface area contributed by atoms with Gasteiger partial charge in [0.05, 0.1) is 18.2 Å². The zero-order chi connectivity index (χ0) is 19.4. The van der Waals surface area contributed by atoms with Gasteiger partial charge in [-0.25, -0.2) is 4.98 Å². The van der Waals surface area contributed by atoms with Crippen LogP contribution in [0.25, 0.3) is 11.3 Å². The number of aromatic nitrogens is 1. The lowest BCUT2D eigenvalue weighted by molar-refractivity contribution is -0.135. The van der Waals surface area contributed by atoms with E-state index in [9.17, 15) is 9.59 Å². The van der Waals surface area contributed by atoms with Gasteiger partial charge in [0.15, 0.2) is 0 Å². The summed E-state index contributed by atoms with van der Waals surface area (Å²) in [7, 11) is 0. The average Bonchev–Trinajstić information content (AvgIpc) is 3.06. The van der Waals surface area contributed by atoms with E-state index in [1.54, 1.807) is 16.2 Å². The Bertz CT molecular complexity index is 819. The number of benzene rings is 1. The van der Waals surface area contributed by atoms with E-state index in [2.05, 4.69) is 10.3 Å². The fraction of sp³-hybridized carbons (Fsp3) is 0.450. The second kappa shape index (κ2) is 8.85. The molecular weight excluding hydrogens is 382 g/mol. The number of aryl methyl sites for hydroxylation is 1. The van der Waals surface area contributed by atoms with Crippen LogP contribution in [0.2, 0.25) is 5.02 Å². The lowest BCUT2D eigenvalue weighted by atomic mass is 9.97. The first-order valence-electron chi connectivity index (χ1n) is 9.25. The number of piperidine rings is 1. The maximum atomic E-state index is 12.5. The number of nitrogens with one attached hydrogen (secondary N) is 1. The monoisotopic (exact) mass is 405 g/mol. The van der Waals surface area contributed by atoms with Gasteiger partial charge in [-0.2, -0.15) is 0 Å². The number of carbonyl (C=O) groups excluding carboxylic acids is 2. The third kappa shape index (κ3) is 4.87. The van der Waals surface area contributed by atoms with Crippen LogP contribution in [0, 0.1) is 12.8 Å². The summed E-state index contributed by atoms with van der Waals surface area (Å²) < 4.78 is 0. The van der Waals surface area contributed by atoms with Gasteiger partial charge in [-0.05, 0) is 31.9 Å². The molecule has 7 heteroatoms. The van der Waals surface area contributed by atoms with E-state index in [-0.39, 0.29) is 17.7 Å². The molecule has 1 aromatic heterocycles. The third-order valence-electron chi connectivity index (χ3n) is 4.82. The maximum absolute atomic E-state index is 12.5. The molecule has 1 atom stereocenters. The number of likely N-dealkylation sites (tertiary alicyclic amines) is 1. The number of hydrogen-bond acceptors (Lipinski definition) is 4. The van der Waals surface area contributed by atoms with Crippen molar-refractivity contribution in [3.8, 4) is 11.3 Å². The minimum Gasteiger partial charge on any atom is -0.349 e. The van der Waals surface area contributed by atoms with Gasteiger partial charge in [0, 0.05) is 35.0 Å². The summed E-state index contributed by atoms with van der Waals surface area (Å²) in [6.45, 7) is 5.57. The zero-order valence-corrected chi connectivity index (χ0v) is 17.2. The summed E-state index contributed by atoms with van der Waals surface area (Å²) in [6.07, 6.45) is 2.19. The fourth-order valence-electron chi connectivity index (χ4n) is 3.35. The van der Waals surface area contributed by atoms with Crippen molar-refractivity contribution in [2.45, 2.75) is 39.7 Å². The van der Waals surface area contributed by atoms with E-state index in [4.69, 9.17) is 11.6 Å². The Morgan fingerprint density at radius 3 is 2.78 bits per heavy atom. The Morgan fingerprint density at radius 2 is 2.07 bits per heavy atom. The number of thiazole rings is 1. The predicted molar refractivity (Wildman–Crippen MR) is 109 cm³/mol. The molecular formula is C20H24ClN3O2S. The van der Waals surface area contributed by atoms with Gasteiger partial charge in [-0.15, -0.1) is 11.3 Å². The van der Waals surface area contributed by atoms with Crippen LogP contribution in [0.4, 0.5) is 0 Å². The van der Waals surface area contributed by atoms with E-state index in [1.165, 1.54) is 0 Å². The van der Waals surface area contributed by atoms with Gasteiger partial charge >= 0.3 is 0 Å². The van der Waals surface area contributed by atoms with Crippen LogP contribution in [0.15, 0.2) is 24.3 Å². The van der Waals surface area contributed by atoms with Crippen molar-refractivity contribution in [3.63, 3.8) is 0 Å². The number of rotatable bonds is 5. The van der Waals surface area contributed by atoms with E-state index in [1.807, 2.05) is 38.1 Å². The molecule has 1 fully saturated rings. The van der Waals surface area contributed by atoms with Gasteiger partial charge in [-0.1, -0.05) is 30.7 Å². The first-order chi connectivity index (χ1) is 13.0. The van der Waals surface area contributed by atoms with Gasteiger partial charge < -0.3 is 10.2 Å². The molecule has 0 saturated carbocycles. The summed E-state index contributed by atoms with van der Waals surface area (Å²) in [5, 5.41) is 4.57. The molecule has 0 bridgehead atoms. The van der Waals surface area contributed by atoms with Crippen LogP contribution >= 0.6 is 22.9 Å². The van der Waals surface area contributed by atoms with Crippen molar-refractivity contribution in [2.24, 2.45) is 5.92 Å². The molecule has 0 radical (unpaired) electrons. The lowest BCUT2D eigenvalue weighted by Crippen LogP contribution is -2.45. The Balaban J connectivity index is 1.60. The minimum atomic E-state index is -0.133. The molecule has 2 aromatic rings. The normalized spacial score (nSPS) is 17.0.